The van der Waals surface area contributed by atoms with Gasteiger partial charge in [0.1, 0.15) is 0 Å². The van der Waals surface area contributed by atoms with Crippen LogP contribution < -0.4 is 10.6 Å². The van der Waals surface area contributed by atoms with Crippen molar-refractivity contribution < 1.29 is 9.59 Å². The number of carbonyl (C=O) groups is 2. The molecule has 1 aromatic heterocycles. The number of benzene rings is 1. The monoisotopic (exact) mass is 357 g/mol. The highest BCUT2D eigenvalue weighted by Gasteiger charge is 2.15. The molecular weight excluding hydrogens is 334 g/mol. The van der Waals surface area contributed by atoms with E-state index in [4.69, 9.17) is 0 Å². The molecule has 0 spiro atoms. The number of anilines is 1. The molecule has 1 heterocycles. The third kappa shape index (κ3) is 6.97. The Bertz CT molecular complexity index is 690. The largest absolute Gasteiger partial charge is 0.355 e. The van der Waals surface area contributed by atoms with Gasteiger partial charge >= 0.3 is 0 Å². The third-order valence-electron chi connectivity index (χ3n) is 3.58. The molecule has 25 heavy (non-hydrogen) atoms. The Balaban J connectivity index is 1.66. The van der Waals surface area contributed by atoms with E-state index in [0.717, 1.165) is 16.9 Å². The highest BCUT2D eigenvalue weighted by molar-refractivity contribution is 8.01. The van der Waals surface area contributed by atoms with E-state index in [-0.39, 0.29) is 22.8 Å². The molecule has 1 atom stereocenters. The van der Waals surface area contributed by atoms with Crippen LogP contribution in [0.15, 0.2) is 48.7 Å². The molecule has 132 valence electrons. The zero-order valence-corrected chi connectivity index (χ0v) is 15.3. The molecule has 2 rings (SSSR count). The van der Waals surface area contributed by atoms with Crippen molar-refractivity contribution in [1.29, 1.82) is 0 Å². The molecule has 2 aromatic rings. The number of carbonyl (C=O) groups excluding carboxylic acids is 2. The number of nitrogens with zero attached hydrogens (tertiary/aromatic N) is 1. The van der Waals surface area contributed by atoms with E-state index in [0.29, 0.717) is 13.0 Å². The van der Waals surface area contributed by atoms with Gasteiger partial charge in [0.2, 0.25) is 11.8 Å². The summed E-state index contributed by atoms with van der Waals surface area (Å²) >= 11 is 1.32. The minimum atomic E-state index is -0.285. The van der Waals surface area contributed by atoms with Gasteiger partial charge in [-0.25, -0.2) is 0 Å². The lowest BCUT2D eigenvalue weighted by atomic mass is 10.2. The van der Waals surface area contributed by atoms with Crippen molar-refractivity contribution in [2.75, 3.05) is 17.6 Å². The number of aromatic nitrogens is 1. The van der Waals surface area contributed by atoms with E-state index in [1.54, 1.807) is 13.1 Å². The highest BCUT2D eigenvalue weighted by Crippen LogP contribution is 2.13. The molecule has 1 aromatic carbocycles. The summed E-state index contributed by atoms with van der Waals surface area (Å²) in [6.45, 7) is 4.34. The van der Waals surface area contributed by atoms with Gasteiger partial charge in [-0.2, -0.15) is 0 Å². The Labute approximate surface area is 152 Å². The molecule has 2 amide bonds. The lowest BCUT2D eigenvalue weighted by Gasteiger charge is -2.12. The maximum absolute atomic E-state index is 12.1. The quantitative estimate of drug-likeness (QED) is 0.762. The van der Waals surface area contributed by atoms with E-state index < -0.39 is 0 Å². The number of pyridine rings is 1. The standard InChI is InChI=1S/C19H23N3O2S/c1-14-6-8-17(9-7-14)22-18(23)13-25-15(2)19(24)21-12-10-16-5-3-4-11-20-16/h3-9,11,15H,10,12-13H2,1-2H3,(H,21,24)(H,22,23). The first-order valence-corrected chi connectivity index (χ1v) is 9.25. The van der Waals surface area contributed by atoms with Crippen molar-refractivity contribution >= 4 is 29.3 Å². The Morgan fingerprint density at radius 2 is 1.92 bits per heavy atom. The fourth-order valence-electron chi connectivity index (χ4n) is 2.11. The van der Waals surface area contributed by atoms with Gasteiger partial charge in [-0.3, -0.25) is 14.6 Å². The molecule has 0 fully saturated rings. The average Bonchev–Trinajstić information content (AvgIpc) is 2.62. The smallest absolute Gasteiger partial charge is 0.234 e. The van der Waals surface area contributed by atoms with E-state index >= 15 is 0 Å². The van der Waals surface area contributed by atoms with Crippen LogP contribution in [0.4, 0.5) is 5.69 Å². The Hall–Kier alpha value is -2.34. The number of amides is 2. The summed E-state index contributed by atoms with van der Waals surface area (Å²) < 4.78 is 0. The van der Waals surface area contributed by atoms with Gasteiger partial charge in [0.15, 0.2) is 0 Å². The topological polar surface area (TPSA) is 71.1 Å². The molecule has 5 nitrogen and oxygen atoms in total. The van der Waals surface area contributed by atoms with Crippen LogP contribution in [0.1, 0.15) is 18.2 Å². The lowest BCUT2D eigenvalue weighted by Crippen LogP contribution is -2.33. The van der Waals surface area contributed by atoms with Crippen LogP contribution in [0.2, 0.25) is 0 Å². The second-order valence-corrected chi connectivity index (χ2v) is 7.06. The van der Waals surface area contributed by atoms with Gasteiger partial charge in [-0.15, -0.1) is 11.8 Å². The number of thioether (sulfide) groups is 1. The van der Waals surface area contributed by atoms with E-state index in [1.807, 2.05) is 49.4 Å². The van der Waals surface area contributed by atoms with Crippen LogP contribution in [0.3, 0.4) is 0 Å². The summed E-state index contributed by atoms with van der Waals surface area (Å²) in [6, 6.07) is 13.3. The number of nitrogens with one attached hydrogen (secondary N) is 2. The van der Waals surface area contributed by atoms with Crippen molar-refractivity contribution in [1.82, 2.24) is 10.3 Å². The van der Waals surface area contributed by atoms with Gasteiger partial charge in [0.25, 0.3) is 0 Å². The first-order valence-electron chi connectivity index (χ1n) is 8.20. The number of hydrogen-bond donors (Lipinski definition) is 2. The molecule has 1 unspecified atom stereocenters. The molecule has 0 aliphatic heterocycles. The van der Waals surface area contributed by atoms with E-state index in [9.17, 15) is 9.59 Å². The SMILES string of the molecule is Cc1ccc(NC(=O)CSC(C)C(=O)NCCc2ccccn2)cc1. The van der Waals surface area contributed by atoms with Gasteiger partial charge in [-0.1, -0.05) is 23.8 Å². The van der Waals surface area contributed by atoms with Crippen molar-refractivity contribution in [2.45, 2.75) is 25.5 Å². The summed E-state index contributed by atoms with van der Waals surface area (Å²) in [5, 5.41) is 5.42. The lowest BCUT2D eigenvalue weighted by molar-refractivity contribution is -0.120. The predicted octanol–water partition coefficient (Wildman–Crippen LogP) is 2.81. The fourth-order valence-corrected chi connectivity index (χ4v) is 2.82. The van der Waals surface area contributed by atoms with Gasteiger partial charge in [0.05, 0.1) is 11.0 Å². The molecule has 0 aliphatic rings. The average molecular weight is 357 g/mol. The maximum atomic E-state index is 12.1. The summed E-state index contributed by atoms with van der Waals surface area (Å²) in [5.74, 6) is 0.0638. The van der Waals surface area contributed by atoms with Crippen LogP contribution in [0.5, 0.6) is 0 Å². The summed E-state index contributed by atoms with van der Waals surface area (Å²) in [4.78, 5) is 28.2. The number of rotatable bonds is 8. The molecule has 0 aliphatic carbocycles. The van der Waals surface area contributed by atoms with Crippen molar-refractivity contribution in [3.8, 4) is 0 Å². The molecule has 0 radical (unpaired) electrons. The van der Waals surface area contributed by atoms with Gasteiger partial charge in [-0.05, 0) is 38.1 Å². The number of hydrogen-bond acceptors (Lipinski definition) is 4. The van der Waals surface area contributed by atoms with Crippen molar-refractivity contribution in [2.24, 2.45) is 0 Å². The van der Waals surface area contributed by atoms with Crippen LogP contribution in [0, 0.1) is 6.92 Å². The van der Waals surface area contributed by atoms with Crippen molar-refractivity contribution in [3.05, 3.63) is 59.9 Å². The van der Waals surface area contributed by atoms with E-state index in [2.05, 4.69) is 15.6 Å². The molecular formula is C19H23N3O2S. The molecule has 0 bridgehead atoms. The van der Waals surface area contributed by atoms with Crippen LogP contribution in [0.25, 0.3) is 0 Å². The van der Waals surface area contributed by atoms with Crippen molar-refractivity contribution in [3.63, 3.8) is 0 Å². The number of aryl methyl sites for hydroxylation is 1. The van der Waals surface area contributed by atoms with Gasteiger partial charge < -0.3 is 10.6 Å². The summed E-state index contributed by atoms with van der Waals surface area (Å²) in [6.07, 6.45) is 2.43. The molecule has 0 saturated heterocycles. The fraction of sp³-hybridized carbons (Fsp3) is 0.316. The minimum absolute atomic E-state index is 0.0657. The predicted molar refractivity (Wildman–Crippen MR) is 103 cm³/mol. The van der Waals surface area contributed by atoms with E-state index in [1.165, 1.54) is 11.8 Å². The Morgan fingerprint density at radius 3 is 2.60 bits per heavy atom. The second-order valence-electron chi connectivity index (χ2n) is 5.73. The molecule has 6 heteroatoms. The zero-order chi connectivity index (χ0) is 18.1. The normalized spacial score (nSPS) is 11.6. The Morgan fingerprint density at radius 1 is 1.16 bits per heavy atom. The molecule has 0 saturated carbocycles. The minimum Gasteiger partial charge on any atom is -0.355 e. The first kappa shape index (κ1) is 19.0. The maximum Gasteiger partial charge on any atom is 0.234 e. The summed E-state index contributed by atoms with van der Waals surface area (Å²) in [5.41, 5.74) is 2.85. The third-order valence-corrected chi connectivity index (χ3v) is 4.72. The summed E-state index contributed by atoms with van der Waals surface area (Å²) in [7, 11) is 0. The second kappa shape index (κ2) is 9.84. The zero-order valence-electron chi connectivity index (χ0n) is 14.5. The van der Waals surface area contributed by atoms with Gasteiger partial charge in [0, 0.05) is 30.5 Å². The Kier molecular flexibility index (Phi) is 7.47. The van der Waals surface area contributed by atoms with Crippen LogP contribution >= 0.6 is 11.8 Å². The first-order chi connectivity index (χ1) is 12.0. The molecule has 2 N–H and O–H groups in total. The van der Waals surface area contributed by atoms with Crippen LogP contribution in [-0.2, 0) is 16.0 Å². The highest BCUT2D eigenvalue weighted by atomic mass is 32.2. The van der Waals surface area contributed by atoms with Crippen LogP contribution in [-0.4, -0.2) is 34.3 Å².